The molecule has 106 valence electrons. The van der Waals surface area contributed by atoms with Gasteiger partial charge in [0, 0.05) is 29.3 Å². The van der Waals surface area contributed by atoms with E-state index in [0.29, 0.717) is 6.04 Å². The van der Waals surface area contributed by atoms with Gasteiger partial charge in [0.1, 0.15) is 0 Å². The van der Waals surface area contributed by atoms with Crippen LogP contribution in [0, 0.1) is 0 Å². The van der Waals surface area contributed by atoms with Crippen LogP contribution in [0.3, 0.4) is 0 Å². The van der Waals surface area contributed by atoms with Crippen molar-refractivity contribution in [3.8, 4) is 0 Å². The molecule has 3 nitrogen and oxygen atoms in total. The summed E-state index contributed by atoms with van der Waals surface area (Å²) in [7, 11) is 0. The predicted molar refractivity (Wildman–Crippen MR) is 83.7 cm³/mol. The number of β-amino-alcohol motifs (C(OH)–C–C–N with tert-alkyl or cyclic N) is 1. The van der Waals surface area contributed by atoms with Gasteiger partial charge < -0.3 is 15.3 Å². The summed E-state index contributed by atoms with van der Waals surface area (Å²) in [6.07, 6.45) is 1.80. The Morgan fingerprint density at radius 3 is 2.95 bits per heavy atom. The maximum absolute atomic E-state index is 9.76. The lowest BCUT2D eigenvalue weighted by Gasteiger charge is -2.32. The summed E-state index contributed by atoms with van der Waals surface area (Å²) in [5, 5.41) is 13.2. The van der Waals surface area contributed by atoms with Crippen molar-refractivity contribution in [3.05, 3.63) is 28.2 Å². The Bertz CT molecular complexity index is 425. The van der Waals surface area contributed by atoms with E-state index < -0.39 is 0 Å². The summed E-state index contributed by atoms with van der Waals surface area (Å²) in [6.45, 7) is 7.04. The van der Waals surface area contributed by atoms with Gasteiger partial charge in [-0.05, 0) is 44.0 Å². The fraction of sp³-hybridized carbons (Fsp3) is 0.600. The number of halogens is 1. The third-order valence-corrected chi connectivity index (χ3v) is 4.41. The Morgan fingerprint density at radius 2 is 2.32 bits per heavy atom. The van der Waals surface area contributed by atoms with E-state index in [4.69, 9.17) is 0 Å². The molecule has 1 fully saturated rings. The molecule has 2 unspecified atom stereocenters. The van der Waals surface area contributed by atoms with Crippen molar-refractivity contribution in [2.24, 2.45) is 0 Å². The van der Waals surface area contributed by atoms with Crippen molar-refractivity contribution >= 4 is 21.6 Å². The van der Waals surface area contributed by atoms with Crippen molar-refractivity contribution < 1.29 is 5.11 Å². The third kappa shape index (κ3) is 3.71. The molecule has 0 aromatic heterocycles. The average molecular weight is 327 g/mol. The van der Waals surface area contributed by atoms with Crippen LogP contribution in [0.1, 0.15) is 38.3 Å². The molecule has 0 amide bonds. The molecular formula is C15H23BrN2O. The number of nitrogens with zero attached hydrogens (tertiary/aromatic N) is 1. The topological polar surface area (TPSA) is 35.5 Å². The van der Waals surface area contributed by atoms with Gasteiger partial charge in [0.15, 0.2) is 0 Å². The lowest BCUT2D eigenvalue weighted by Crippen LogP contribution is -2.38. The number of rotatable bonds is 4. The molecule has 1 saturated heterocycles. The van der Waals surface area contributed by atoms with E-state index in [2.05, 4.69) is 58.2 Å². The van der Waals surface area contributed by atoms with E-state index in [1.54, 1.807) is 0 Å². The summed E-state index contributed by atoms with van der Waals surface area (Å²) in [4.78, 5) is 2.26. The maximum atomic E-state index is 9.76. The van der Waals surface area contributed by atoms with Gasteiger partial charge in [0.2, 0.25) is 0 Å². The molecule has 4 heteroatoms. The van der Waals surface area contributed by atoms with E-state index in [1.165, 1.54) is 11.3 Å². The van der Waals surface area contributed by atoms with E-state index in [0.717, 1.165) is 36.9 Å². The quantitative estimate of drug-likeness (QED) is 0.892. The van der Waals surface area contributed by atoms with Crippen molar-refractivity contribution in [1.82, 2.24) is 5.32 Å². The highest BCUT2D eigenvalue weighted by molar-refractivity contribution is 9.10. The van der Waals surface area contributed by atoms with Crippen LogP contribution >= 0.6 is 15.9 Å². The van der Waals surface area contributed by atoms with Gasteiger partial charge in [-0.1, -0.05) is 28.9 Å². The number of aliphatic hydroxyl groups excluding tert-OH is 1. The second kappa shape index (κ2) is 6.73. The first-order valence-corrected chi connectivity index (χ1v) is 7.87. The fourth-order valence-electron chi connectivity index (χ4n) is 2.67. The van der Waals surface area contributed by atoms with Gasteiger partial charge in [-0.3, -0.25) is 0 Å². The molecule has 1 aliphatic rings. The zero-order valence-electron chi connectivity index (χ0n) is 11.7. The molecule has 1 heterocycles. The highest BCUT2D eigenvalue weighted by Crippen LogP contribution is 2.29. The summed E-state index contributed by atoms with van der Waals surface area (Å²) in [5.74, 6) is 0. The van der Waals surface area contributed by atoms with Gasteiger partial charge in [0.05, 0.1) is 6.10 Å². The zero-order chi connectivity index (χ0) is 13.8. The average Bonchev–Trinajstić information content (AvgIpc) is 2.38. The Labute approximate surface area is 124 Å². The maximum Gasteiger partial charge on any atom is 0.0715 e. The van der Waals surface area contributed by atoms with Crippen LogP contribution in [0.5, 0.6) is 0 Å². The number of anilines is 1. The minimum absolute atomic E-state index is 0.187. The fourth-order valence-corrected chi connectivity index (χ4v) is 3.38. The number of hydrogen-bond acceptors (Lipinski definition) is 3. The molecule has 19 heavy (non-hydrogen) atoms. The van der Waals surface area contributed by atoms with Crippen LogP contribution in [0.4, 0.5) is 5.69 Å². The number of aliphatic hydroxyl groups is 1. The number of piperidine rings is 1. The smallest absolute Gasteiger partial charge is 0.0715 e. The van der Waals surface area contributed by atoms with Gasteiger partial charge in [-0.25, -0.2) is 0 Å². The highest BCUT2D eigenvalue weighted by atomic mass is 79.9. The summed E-state index contributed by atoms with van der Waals surface area (Å²) in [5.41, 5.74) is 2.47. The van der Waals surface area contributed by atoms with Gasteiger partial charge in [0.25, 0.3) is 0 Å². The molecule has 0 spiro atoms. The second-order valence-electron chi connectivity index (χ2n) is 5.23. The second-order valence-corrected chi connectivity index (χ2v) is 6.08. The lowest BCUT2D eigenvalue weighted by atomic mass is 10.0. The standard InChI is InChI=1S/C15H23BrN2O/c1-3-17-11(2)14-7-6-12(9-15(14)16)18-8-4-5-13(19)10-18/h6-7,9,11,13,17,19H,3-5,8,10H2,1-2H3. The van der Waals surface area contributed by atoms with Crippen LogP contribution in [0.15, 0.2) is 22.7 Å². The first kappa shape index (κ1) is 14.8. The molecule has 0 radical (unpaired) electrons. The third-order valence-electron chi connectivity index (χ3n) is 3.72. The number of benzene rings is 1. The predicted octanol–water partition coefficient (Wildman–Crippen LogP) is 3.08. The first-order chi connectivity index (χ1) is 9.11. The zero-order valence-corrected chi connectivity index (χ0v) is 13.3. The minimum atomic E-state index is -0.187. The van der Waals surface area contributed by atoms with Crippen molar-refractivity contribution in [2.75, 3.05) is 24.5 Å². The van der Waals surface area contributed by atoms with Crippen molar-refractivity contribution in [1.29, 1.82) is 0 Å². The minimum Gasteiger partial charge on any atom is -0.391 e. The van der Waals surface area contributed by atoms with E-state index >= 15 is 0 Å². The molecule has 1 aromatic rings. The number of hydrogen-bond donors (Lipinski definition) is 2. The van der Waals surface area contributed by atoms with Crippen molar-refractivity contribution in [3.63, 3.8) is 0 Å². The number of nitrogens with one attached hydrogen (secondary N) is 1. The molecule has 2 atom stereocenters. The van der Waals surface area contributed by atoms with Crippen LogP contribution in [0.2, 0.25) is 0 Å². The van der Waals surface area contributed by atoms with E-state index in [1.807, 2.05) is 0 Å². The summed E-state index contributed by atoms with van der Waals surface area (Å²) in [6, 6.07) is 6.85. The molecule has 1 aromatic carbocycles. The SMILES string of the molecule is CCNC(C)c1ccc(N2CCCC(O)C2)cc1Br. The molecule has 0 bridgehead atoms. The van der Waals surface area contributed by atoms with Crippen LogP contribution in [-0.2, 0) is 0 Å². The molecule has 1 aliphatic heterocycles. The molecule has 2 N–H and O–H groups in total. The molecular weight excluding hydrogens is 304 g/mol. The van der Waals surface area contributed by atoms with Crippen LogP contribution in [-0.4, -0.2) is 30.8 Å². The highest BCUT2D eigenvalue weighted by Gasteiger charge is 2.19. The Balaban J connectivity index is 2.14. The summed E-state index contributed by atoms with van der Waals surface area (Å²) < 4.78 is 1.14. The molecule has 2 rings (SSSR count). The largest absolute Gasteiger partial charge is 0.391 e. The Morgan fingerprint density at radius 1 is 1.53 bits per heavy atom. The van der Waals surface area contributed by atoms with Crippen LogP contribution in [0.25, 0.3) is 0 Å². The van der Waals surface area contributed by atoms with Gasteiger partial charge in [-0.2, -0.15) is 0 Å². The van der Waals surface area contributed by atoms with Gasteiger partial charge >= 0.3 is 0 Å². The first-order valence-electron chi connectivity index (χ1n) is 7.07. The normalized spacial score (nSPS) is 21.5. The van der Waals surface area contributed by atoms with E-state index in [-0.39, 0.29) is 6.10 Å². The summed E-state index contributed by atoms with van der Waals surface area (Å²) >= 11 is 3.67. The Kier molecular flexibility index (Phi) is 5.25. The van der Waals surface area contributed by atoms with Gasteiger partial charge in [-0.15, -0.1) is 0 Å². The van der Waals surface area contributed by atoms with Crippen molar-refractivity contribution in [2.45, 2.75) is 38.8 Å². The Hall–Kier alpha value is -0.580. The molecule has 0 saturated carbocycles. The van der Waals surface area contributed by atoms with E-state index in [9.17, 15) is 5.11 Å². The molecule has 0 aliphatic carbocycles. The van der Waals surface area contributed by atoms with Crippen LogP contribution < -0.4 is 10.2 Å². The monoisotopic (exact) mass is 326 g/mol. The lowest BCUT2D eigenvalue weighted by molar-refractivity contribution is 0.154.